The van der Waals surface area contributed by atoms with Gasteiger partial charge in [0, 0.05) is 12.1 Å². The molecule has 0 saturated heterocycles. The van der Waals surface area contributed by atoms with Crippen LogP contribution in [0.15, 0.2) is 6.33 Å². The summed E-state index contributed by atoms with van der Waals surface area (Å²) in [5.74, 6) is -0.0883. The van der Waals surface area contributed by atoms with Gasteiger partial charge in [-0.05, 0) is 23.3 Å². The van der Waals surface area contributed by atoms with Gasteiger partial charge >= 0.3 is 0 Å². The van der Waals surface area contributed by atoms with E-state index < -0.39 is 0 Å². The largest absolute Gasteiger partial charge is 0.350 e. The smallest absolute Gasteiger partial charge is 0.242 e. The number of hydrogen-bond donors (Lipinski definition) is 2. The molecule has 16 heavy (non-hydrogen) atoms. The Morgan fingerprint density at radius 2 is 2.31 bits per heavy atom. The third-order valence-electron chi connectivity index (χ3n) is 2.86. The summed E-state index contributed by atoms with van der Waals surface area (Å²) < 4.78 is 1.39. The molecule has 1 amide bonds. The van der Waals surface area contributed by atoms with Crippen LogP contribution in [-0.2, 0) is 11.3 Å². The Bertz CT molecular complexity index is 338. The van der Waals surface area contributed by atoms with Crippen LogP contribution in [0.25, 0.3) is 0 Å². The maximum Gasteiger partial charge on any atom is 0.242 e. The minimum atomic E-state index is -0.0883. The molecule has 2 rings (SSSR count). The van der Waals surface area contributed by atoms with E-state index in [4.69, 9.17) is 5.73 Å². The summed E-state index contributed by atoms with van der Waals surface area (Å²) in [6.45, 7) is 0.149. The average molecular weight is 224 g/mol. The average Bonchev–Trinajstić information content (AvgIpc) is 2.74. The lowest BCUT2D eigenvalue weighted by Crippen LogP contribution is -2.50. The third-order valence-corrected chi connectivity index (χ3v) is 2.86. The van der Waals surface area contributed by atoms with Crippen molar-refractivity contribution in [1.82, 2.24) is 25.5 Å². The lowest BCUT2D eigenvalue weighted by molar-refractivity contribution is -0.122. The molecule has 0 aromatic carbocycles. The van der Waals surface area contributed by atoms with E-state index >= 15 is 0 Å². The van der Waals surface area contributed by atoms with Crippen molar-refractivity contribution in [2.45, 2.75) is 44.3 Å². The fourth-order valence-corrected chi connectivity index (χ4v) is 1.99. The second-order valence-corrected chi connectivity index (χ2v) is 4.13. The second kappa shape index (κ2) is 5.02. The number of nitrogens with zero attached hydrogens (tertiary/aromatic N) is 4. The summed E-state index contributed by atoms with van der Waals surface area (Å²) in [7, 11) is 0. The molecule has 88 valence electrons. The third kappa shape index (κ3) is 2.75. The van der Waals surface area contributed by atoms with Gasteiger partial charge in [-0.15, -0.1) is 5.10 Å². The maximum atomic E-state index is 11.6. The van der Waals surface area contributed by atoms with Gasteiger partial charge in [0.2, 0.25) is 5.91 Å². The predicted molar refractivity (Wildman–Crippen MR) is 56.2 cm³/mol. The number of hydrogen-bond acceptors (Lipinski definition) is 5. The fraction of sp³-hybridized carbons (Fsp3) is 0.778. The quantitative estimate of drug-likeness (QED) is 0.690. The first kappa shape index (κ1) is 11.0. The van der Waals surface area contributed by atoms with E-state index in [-0.39, 0.29) is 24.5 Å². The van der Waals surface area contributed by atoms with Crippen LogP contribution < -0.4 is 11.1 Å². The molecular weight excluding hydrogens is 208 g/mol. The molecule has 7 nitrogen and oxygen atoms in total. The minimum absolute atomic E-state index is 0.0755. The van der Waals surface area contributed by atoms with Crippen molar-refractivity contribution >= 4 is 5.91 Å². The Balaban J connectivity index is 1.82. The monoisotopic (exact) mass is 224 g/mol. The molecule has 1 heterocycles. The zero-order valence-electron chi connectivity index (χ0n) is 9.04. The van der Waals surface area contributed by atoms with E-state index in [2.05, 4.69) is 20.8 Å². The number of aromatic nitrogens is 4. The standard InChI is InChI=1S/C9H16N6O/c10-7-3-1-2-4-8(7)12-9(16)5-15-6-11-13-14-15/h6-8H,1-5,10H2,(H,12,16)/t7-,8-/m1/s1. The van der Waals surface area contributed by atoms with E-state index in [1.165, 1.54) is 11.0 Å². The van der Waals surface area contributed by atoms with Crippen LogP contribution in [0.4, 0.5) is 0 Å². The van der Waals surface area contributed by atoms with E-state index in [0.29, 0.717) is 0 Å². The minimum Gasteiger partial charge on any atom is -0.350 e. The fourth-order valence-electron chi connectivity index (χ4n) is 1.99. The number of nitrogens with one attached hydrogen (secondary N) is 1. The second-order valence-electron chi connectivity index (χ2n) is 4.13. The van der Waals surface area contributed by atoms with E-state index in [0.717, 1.165) is 25.7 Å². The molecule has 0 radical (unpaired) electrons. The molecule has 0 aliphatic heterocycles. The molecule has 7 heteroatoms. The van der Waals surface area contributed by atoms with E-state index in [1.54, 1.807) is 0 Å². The Hall–Kier alpha value is -1.50. The Morgan fingerprint density at radius 3 is 3.00 bits per heavy atom. The number of carbonyl (C=O) groups excluding carboxylic acids is 1. The zero-order valence-corrected chi connectivity index (χ0v) is 9.04. The van der Waals surface area contributed by atoms with Gasteiger partial charge in [-0.2, -0.15) is 0 Å². The van der Waals surface area contributed by atoms with Crippen LogP contribution in [-0.4, -0.2) is 38.2 Å². The van der Waals surface area contributed by atoms with Crippen molar-refractivity contribution in [1.29, 1.82) is 0 Å². The highest BCUT2D eigenvalue weighted by Gasteiger charge is 2.23. The number of tetrazole rings is 1. The molecule has 3 N–H and O–H groups in total. The zero-order chi connectivity index (χ0) is 11.4. The Kier molecular flexibility index (Phi) is 3.45. The molecule has 1 aromatic rings. The Morgan fingerprint density at radius 1 is 1.50 bits per heavy atom. The van der Waals surface area contributed by atoms with Crippen LogP contribution in [0, 0.1) is 0 Å². The first-order chi connectivity index (χ1) is 7.75. The number of nitrogens with two attached hydrogens (primary N) is 1. The number of amides is 1. The highest BCUT2D eigenvalue weighted by molar-refractivity contribution is 5.76. The first-order valence-electron chi connectivity index (χ1n) is 5.51. The molecule has 1 saturated carbocycles. The summed E-state index contributed by atoms with van der Waals surface area (Å²) in [6, 6.07) is 0.171. The number of rotatable bonds is 3. The summed E-state index contributed by atoms with van der Waals surface area (Å²) in [4.78, 5) is 11.6. The van der Waals surface area contributed by atoms with Gasteiger partial charge in [0.1, 0.15) is 12.9 Å². The molecule has 1 fully saturated rings. The van der Waals surface area contributed by atoms with Gasteiger partial charge < -0.3 is 11.1 Å². The first-order valence-corrected chi connectivity index (χ1v) is 5.51. The number of carbonyl (C=O) groups is 1. The predicted octanol–water partition coefficient (Wildman–Crippen LogP) is -0.941. The van der Waals surface area contributed by atoms with Crippen molar-refractivity contribution in [3.63, 3.8) is 0 Å². The van der Waals surface area contributed by atoms with Crippen molar-refractivity contribution in [3.05, 3.63) is 6.33 Å². The van der Waals surface area contributed by atoms with Gasteiger partial charge in [-0.3, -0.25) is 4.79 Å². The highest BCUT2D eigenvalue weighted by atomic mass is 16.2. The van der Waals surface area contributed by atoms with Gasteiger partial charge in [0.05, 0.1) is 0 Å². The topological polar surface area (TPSA) is 98.7 Å². The van der Waals surface area contributed by atoms with Crippen molar-refractivity contribution < 1.29 is 4.79 Å². The van der Waals surface area contributed by atoms with Crippen molar-refractivity contribution in [2.24, 2.45) is 5.73 Å². The molecule has 0 spiro atoms. The van der Waals surface area contributed by atoms with Gasteiger partial charge in [0.25, 0.3) is 0 Å². The summed E-state index contributed by atoms with van der Waals surface area (Å²) in [5, 5.41) is 13.5. The molecule has 0 bridgehead atoms. The molecule has 1 aromatic heterocycles. The summed E-state index contributed by atoms with van der Waals surface area (Å²) in [6.07, 6.45) is 5.64. The molecule has 0 unspecified atom stereocenters. The summed E-state index contributed by atoms with van der Waals surface area (Å²) in [5.41, 5.74) is 5.94. The van der Waals surface area contributed by atoms with Gasteiger partial charge in [0.15, 0.2) is 0 Å². The van der Waals surface area contributed by atoms with Gasteiger partial charge in [-0.25, -0.2) is 4.68 Å². The maximum absolute atomic E-state index is 11.6. The molecule has 1 aliphatic rings. The Labute approximate surface area is 93.4 Å². The van der Waals surface area contributed by atoms with Crippen LogP contribution in [0.5, 0.6) is 0 Å². The van der Waals surface area contributed by atoms with Crippen LogP contribution in [0.1, 0.15) is 25.7 Å². The van der Waals surface area contributed by atoms with Crippen molar-refractivity contribution in [2.75, 3.05) is 0 Å². The molecular formula is C9H16N6O. The molecule has 2 atom stereocenters. The van der Waals surface area contributed by atoms with Gasteiger partial charge in [-0.1, -0.05) is 12.8 Å². The normalized spacial score (nSPS) is 25.3. The summed E-state index contributed by atoms with van der Waals surface area (Å²) >= 11 is 0. The lowest BCUT2D eigenvalue weighted by Gasteiger charge is -2.29. The van der Waals surface area contributed by atoms with E-state index in [9.17, 15) is 4.79 Å². The van der Waals surface area contributed by atoms with E-state index in [1.807, 2.05) is 0 Å². The van der Waals surface area contributed by atoms with Crippen molar-refractivity contribution in [3.8, 4) is 0 Å². The SMILES string of the molecule is N[C@@H]1CCCC[C@H]1NC(=O)Cn1cnnn1. The van der Waals surface area contributed by atoms with Crippen LogP contribution in [0.2, 0.25) is 0 Å². The highest BCUT2D eigenvalue weighted by Crippen LogP contribution is 2.16. The molecule has 1 aliphatic carbocycles. The van der Waals surface area contributed by atoms with Crippen LogP contribution >= 0.6 is 0 Å². The lowest BCUT2D eigenvalue weighted by atomic mass is 9.91. The van der Waals surface area contributed by atoms with Crippen LogP contribution in [0.3, 0.4) is 0 Å².